The second-order valence-corrected chi connectivity index (χ2v) is 7.35. The Hall–Kier alpha value is -3.15. The number of esters is 1. The summed E-state index contributed by atoms with van der Waals surface area (Å²) < 4.78 is 10.4. The topological polar surface area (TPSA) is 77.0 Å². The standard InChI is InChI=1S/C25H32N2O4/c1-3-4-5-6-7-8-9-10-24(28)27-26-19-20-11-15-23(16-12-20)31-25(29)21-13-17-22(30-2)18-14-21/h11-19H,3-10H2,1-2H3,(H,27,28)/b26-19+. The molecule has 0 saturated carbocycles. The molecule has 1 amide bonds. The molecule has 0 aliphatic rings. The van der Waals surface area contributed by atoms with Crippen LogP contribution in [0.2, 0.25) is 0 Å². The molecule has 166 valence electrons. The zero-order valence-electron chi connectivity index (χ0n) is 18.4. The Kier molecular flexibility index (Phi) is 10.9. The maximum absolute atomic E-state index is 12.2. The second-order valence-electron chi connectivity index (χ2n) is 7.35. The van der Waals surface area contributed by atoms with Crippen LogP contribution in [0, 0.1) is 0 Å². The molecule has 6 heteroatoms. The lowest BCUT2D eigenvalue weighted by molar-refractivity contribution is -0.121. The molecule has 31 heavy (non-hydrogen) atoms. The minimum Gasteiger partial charge on any atom is -0.497 e. The summed E-state index contributed by atoms with van der Waals surface area (Å²) in [4.78, 5) is 24.0. The van der Waals surface area contributed by atoms with Crippen LogP contribution in [0.4, 0.5) is 0 Å². The first-order chi connectivity index (χ1) is 15.1. The lowest BCUT2D eigenvalue weighted by Gasteiger charge is -2.05. The first-order valence-corrected chi connectivity index (χ1v) is 10.9. The van der Waals surface area contributed by atoms with Crippen molar-refractivity contribution in [2.24, 2.45) is 5.10 Å². The summed E-state index contributed by atoms with van der Waals surface area (Å²) in [5, 5.41) is 3.99. The lowest BCUT2D eigenvalue weighted by atomic mass is 10.1. The van der Waals surface area contributed by atoms with Crippen LogP contribution in [-0.4, -0.2) is 25.2 Å². The van der Waals surface area contributed by atoms with Crippen LogP contribution in [0.25, 0.3) is 0 Å². The highest BCUT2D eigenvalue weighted by molar-refractivity contribution is 5.91. The van der Waals surface area contributed by atoms with Crippen molar-refractivity contribution in [3.05, 3.63) is 59.7 Å². The average Bonchev–Trinajstić information content (AvgIpc) is 2.79. The molecular formula is C25H32N2O4. The summed E-state index contributed by atoms with van der Waals surface area (Å²) in [6.07, 6.45) is 10.3. The third-order valence-corrected chi connectivity index (χ3v) is 4.83. The van der Waals surface area contributed by atoms with E-state index < -0.39 is 5.97 Å². The summed E-state index contributed by atoms with van der Waals surface area (Å²) in [6, 6.07) is 13.6. The van der Waals surface area contributed by atoms with Gasteiger partial charge in [-0.05, 0) is 60.5 Å². The molecule has 0 aliphatic heterocycles. The molecule has 0 aliphatic carbocycles. The number of hydrazone groups is 1. The first kappa shape index (κ1) is 24.1. The highest BCUT2D eigenvalue weighted by Gasteiger charge is 2.08. The Morgan fingerprint density at radius 1 is 0.871 bits per heavy atom. The van der Waals surface area contributed by atoms with Crippen molar-refractivity contribution >= 4 is 18.1 Å². The van der Waals surface area contributed by atoms with Crippen LogP contribution < -0.4 is 14.9 Å². The molecule has 0 atom stereocenters. The normalized spacial score (nSPS) is 10.8. The van der Waals surface area contributed by atoms with Gasteiger partial charge in [-0.1, -0.05) is 45.4 Å². The Balaban J connectivity index is 1.69. The monoisotopic (exact) mass is 424 g/mol. The van der Waals surface area contributed by atoms with Crippen molar-refractivity contribution in [2.75, 3.05) is 7.11 Å². The minimum absolute atomic E-state index is 0.0742. The van der Waals surface area contributed by atoms with Gasteiger partial charge < -0.3 is 9.47 Å². The van der Waals surface area contributed by atoms with E-state index in [2.05, 4.69) is 17.5 Å². The second kappa shape index (κ2) is 14.0. The maximum Gasteiger partial charge on any atom is 0.343 e. The molecule has 0 heterocycles. The van der Waals surface area contributed by atoms with Crippen molar-refractivity contribution in [1.82, 2.24) is 5.43 Å². The molecule has 0 spiro atoms. The number of carbonyl (C=O) groups excluding carboxylic acids is 2. The summed E-state index contributed by atoms with van der Waals surface area (Å²) >= 11 is 0. The summed E-state index contributed by atoms with van der Waals surface area (Å²) in [6.45, 7) is 2.21. The van der Waals surface area contributed by atoms with E-state index in [0.717, 1.165) is 18.4 Å². The van der Waals surface area contributed by atoms with Gasteiger partial charge in [0.2, 0.25) is 5.91 Å². The first-order valence-electron chi connectivity index (χ1n) is 10.9. The number of amides is 1. The predicted molar refractivity (Wildman–Crippen MR) is 123 cm³/mol. The van der Waals surface area contributed by atoms with Crippen LogP contribution in [-0.2, 0) is 4.79 Å². The molecule has 2 aromatic carbocycles. The van der Waals surface area contributed by atoms with Crippen LogP contribution in [0.3, 0.4) is 0 Å². The molecule has 0 bridgehead atoms. The van der Waals surface area contributed by atoms with Gasteiger partial charge in [0.05, 0.1) is 18.9 Å². The van der Waals surface area contributed by atoms with Crippen LogP contribution in [0.1, 0.15) is 74.2 Å². The highest BCUT2D eigenvalue weighted by Crippen LogP contribution is 2.16. The molecule has 0 unspecified atom stereocenters. The minimum atomic E-state index is -0.443. The zero-order valence-corrected chi connectivity index (χ0v) is 18.4. The fourth-order valence-corrected chi connectivity index (χ4v) is 2.99. The Bertz CT molecular complexity index is 830. The van der Waals surface area contributed by atoms with Crippen LogP contribution in [0.15, 0.2) is 53.6 Å². The van der Waals surface area contributed by atoms with E-state index in [0.29, 0.717) is 23.5 Å². The maximum atomic E-state index is 12.2. The Morgan fingerprint density at radius 2 is 1.48 bits per heavy atom. The zero-order chi connectivity index (χ0) is 22.3. The van der Waals surface area contributed by atoms with E-state index in [1.165, 1.54) is 32.1 Å². The number of nitrogens with one attached hydrogen (secondary N) is 1. The highest BCUT2D eigenvalue weighted by atomic mass is 16.5. The van der Waals surface area contributed by atoms with Crippen LogP contribution >= 0.6 is 0 Å². The predicted octanol–water partition coefficient (Wildman–Crippen LogP) is 5.51. The molecule has 2 aromatic rings. The van der Waals surface area contributed by atoms with E-state index in [9.17, 15) is 9.59 Å². The quantitative estimate of drug-likeness (QED) is 0.151. The van der Waals surface area contributed by atoms with Gasteiger partial charge in [0, 0.05) is 6.42 Å². The van der Waals surface area contributed by atoms with Crippen molar-refractivity contribution < 1.29 is 19.1 Å². The SMILES string of the molecule is CCCCCCCCCC(=O)N/N=C/c1ccc(OC(=O)c2ccc(OC)cc2)cc1. The van der Waals surface area contributed by atoms with Crippen molar-refractivity contribution in [3.8, 4) is 11.5 Å². The van der Waals surface area contributed by atoms with Gasteiger partial charge in [-0.2, -0.15) is 5.10 Å². The van der Waals surface area contributed by atoms with E-state index in [4.69, 9.17) is 9.47 Å². The summed E-state index contributed by atoms with van der Waals surface area (Å²) in [5.41, 5.74) is 3.79. The molecule has 0 aromatic heterocycles. The average molecular weight is 425 g/mol. The fourth-order valence-electron chi connectivity index (χ4n) is 2.99. The van der Waals surface area contributed by atoms with Gasteiger partial charge in [-0.15, -0.1) is 0 Å². The van der Waals surface area contributed by atoms with E-state index >= 15 is 0 Å². The molecule has 0 saturated heterocycles. The van der Waals surface area contributed by atoms with Crippen molar-refractivity contribution in [2.45, 2.75) is 58.3 Å². The smallest absolute Gasteiger partial charge is 0.343 e. The Morgan fingerprint density at radius 3 is 2.13 bits per heavy atom. The molecule has 6 nitrogen and oxygen atoms in total. The number of unbranched alkanes of at least 4 members (excludes halogenated alkanes) is 6. The van der Waals surface area contributed by atoms with Gasteiger partial charge in [0.25, 0.3) is 0 Å². The lowest BCUT2D eigenvalue weighted by Crippen LogP contribution is -2.16. The van der Waals surface area contributed by atoms with Crippen molar-refractivity contribution in [3.63, 3.8) is 0 Å². The van der Waals surface area contributed by atoms with Crippen molar-refractivity contribution in [1.29, 1.82) is 0 Å². The van der Waals surface area contributed by atoms with E-state index in [1.54, 1.807) is 61.9 Å². The van der Waals surface area contributed by atoms with Crippen LogP contribution in [0.5, 0.6) is 11.5 Å². The third kappa shape index (κ3) is 9.47. The number of benzene rings is 2. The fraction of sp³-hybridized carbons (Fsp3) is 0.400. The number of hydrogen-bond donors (Lipinski definition) is 1. The van der Waals surface area contributed by atoms with Gasteiger partial charge in [-0.25, -0.2) is 10.2 Å². The molecule has 1 N–H and O–H groups in total. The summed E-state index contributed by atoms with van der Waals surface area (Å²) in [5.74, 6) is 0.590. The van der Waals surface area contributed by atoms with Gasteiger partial charge in [0.1, 0.15) is 11.5 Å². The van der Waals surface area contributed by atoms with Gasteiger partial charge >= 0.3 is 5.97 Å². The molecular weight excluding hydrogens is 392 g/mol. The largest absolute Gasteiger partial charge is 0.497 e. The van der Waals surface area contributed by atoms with Gasteiger partial charge in [0.15, 0.2) is 0 Å². The number of hydrogen-bond acceptors (Lipinski definition) is 5. The number of methoxy groups -OCH3 is 1. The van der Waals surface area contributed by atoms with E-state index in [-0.39, 0.29) is 5.91 Å². The number of rotatable bonds is 13. The summed E-state index contributed by atoms with van der Waals surface area (Å²) in [7, 11) is 1.57. The third-order valence-electron chi connectivity index (χ3n) is 4.83. The number of carbonyl (C=O) groups is 2. The molecule has 2 rings (SSSR count). The number of ether oxygens (including phenoxy) is 2. The molecule has 0 fully saturated rings. The van der Waals surface area contributed by atoms with Gasteiger partial charge in [-0.3, -0.25) is 4.79 Å². The number of nitrogens with zero attached hydrogens (tertiary/aromatic N) is 1. The molecule has 0 radical (unpaired) electrons. The Labute approximate surface area is 184 Å². The van der Waals surface area contributed by atoms with E-state index in [1.807, 2.05) is 0 Å².